The molecule has 0 saturated carbocycles. The Hall–Kier alpha value is -2.35. The molecule has 0 aromatic heterocycles. The van der Waals surface area contributed by atoms with E-state index in [0.717, 1.165) is 5.69 Å². The third kappa shape index (κ3) is 3.13. The molecule has 0 amide bonds. The minimum Gasteiger partial charge on any atom is -0.347 e. The summed E-state index contributed by atoms with van der Waals surface area (Å²) in [4.78, 5) is 7.05. The van der Waals surface area contributed by atoms with Crippen molar-refractivity contribution in [2.75, 3.05) is 11.9 Å². The van der Waals surface area contributed by atoms with Gasteiger partial charge in [-0.15, -0.1) is 0 Å². The summed E-state index contributed by atoms with van der Waals surface area (Å²) in [5, 5.41) is 0. The Kier molecular flexibility index (Phi) is 4.32. The van der Waals surface area contributed by atoms with Gasteiger partial charge in [0.15, 0.2) is 0 Å². The molecule has 0 aliphatic carbocycles. The fraction of sp³-hybridized carbons (Fsp3) is 0.348. The average Bonchev–Trinajstić information content (AvgIpc) is 2.75. The molecule has 3 rings (SSSR count). The van der Waals surface area contributed by atoms with Crippen LogP contribution in [0, 0.1) is 0 Å². The molecule has 0 unspecified atom stereocenters. The molecular weight excluding hydrogens is 304 g/mol. The molecule has 0 radical (unpaired) electrons. The molecule has 1 aliphatic heterocycles. The van der Waals surface area contributed by atoms with Crippen LogP contribution < -0.4 is 4.90 Å². The minimum atomic E-state index is -0.0130. The molecule has 2 heteroatoms. The van der Waals surface area contributed by atoms with Crippen molar-refractivity contribution in [1.82, 2.24) is 0 Å². The summed E-state index contributed by atoms with van der Waals surface area (Å²) < 4.78 is 0. The monoisotopic (exact) mass is 332 g/mol. The number of fused-ring (bicyclic) bond motifs is 1. The number of anilines is 1. The fourth-order valence-corrected chi connectivity index (χ4v) is 3.71. The van der Waals surface area contributed by atoms with Crippen molar-refractivity contribution in [2.24, 2.45) is 4.99 Å². The number of hydrogen-bond acceptors (Lipinski definition) is 2. The van der Waals surface area contributed by atoms with Crippen LogP contribution >= 0.6 is 0 Å². The van der Waals surface area contributed by atoms with E-state index >= 15 is 0 Å². The Labute approximate surface area is 151 Å². The Morgan fingerprint density at radius 3 is 2.28 bits per heavy atom. The lowest BCUT2D eigenvalue weighted by atomic mass is 9.84. The lowest BCUT2D eigenvalue weighted by Gasteiger charge is -2.23. The van der Waals surface area contributed by atoms with Crippen molar-refractivity contribution in [1.29, 1.82) is 0 Å². The van der Waals surface area contributed by atoms with Gasteiger partial charge >= 0.3 is 0 Å². The number of likely N-dealkylation sites (N-methyl/N-ethyl adjacent to an activating group) is 1. The molecule has 0 N–H and O–H groups in total. The van der Waals surface area contributed by atoms with Crippen LogP contribution in [0.3, 0.4) is 0 Å². The second kappa shape index (κ2) is 6.18. The van der Waals surface area contributed by atoms with Gasteiger partial charge in [-0.3, -0.25) is 4.99 Å². The second-order valence-electron chi connectivity index (χ2n) is 8.30. The van der Waals surface area contributed by atoms with Gasteiger partial charge in [0.05, 0.1) is 5.69 Å². The highest BCUT2D eigenvalue weighted by Gasteiger charge is 2.37. The summed E-state index contributed by atoms with van der Waals surface area (Å²) in [5.41, 5.74) is 6.30. The molecular formula is C23H28N2. The maximum absolute atomic E-state index is 4.77. The number of hydrogen-bond donors (Lipinski definition) is 0. The van der Waals surface area contributed by atoms with E-state index in [1.807, 2.05) is 6.21 Å². The van der Waals surface area contributed by atoms with Crippen LogP contribution in [0.4, 0.5) is 11.4 Å². The molecule has 0 fully saturated rings. The molecule has 25 heavy (non-hydrogen) atoms. The number of nitrogens with zero attached hydrogens (tertiary/aromatic N) is 2. The van der Waals surface area contributed by atoms with Crippen molar-refractivity contribution < 1.29 is 0 Å². The first-order chi connectivity index (χ1) is 11.7. The van der Waals surface area contributed by atoms with E-state index in [4.69, 9.17) is 4.99 Å². The van der Waals surface area contributed by atoms with Crippen LogP contribution in [-0.2, 0) is 10.8 Å². The second-order valence-corrected chi connectivity index (χ2v) is 8.30. The highest BCUT2D eigenvalue weighted by molar-refractivity contribution is 5.81. The molecule has 0 bridgehead atoms. The Bertz CT molecular complexity index is 835. The normalized spacial score (nSPS) is 18.2. The van der Waals surface area contributed by atoms with Gasteiger partial charge in [-0.2, -0.15) is 0 Å². The van der Waals surface area contributed by atoms with E-state index < -0.39 is 0 Å². The lowest BCUT2D eigenvalue weighted by molar-refractivity contribution is 0.591. The first-order valence-corrected chi connectivity index (χ1v) is 8.90. The van der Waals surface area contributed by atoms with Gasteiger partial charge in [0, 0.05) is 30.1 Å². The summed E-state index contributed by atoms with van der Waals surface area (Å²) in [6.45, 7) is 11.2. The van der Waals surface area contributed by atoms with Crippen LogP contribution in [0.2, 0.25) is 0 Å². The van der Waals surface area contributed by atoms with E-state index in [1.54, 1.807) is 0 Å². The summed E-state index contributed by atoms with van der Waals surface area (Å²) in [6.07, 6.45) is 4.10. The van der Waals surface area contributed by atoms with Crippen molar-refractivity contribution in [3.63, 3.8) is 0 Å². The summed E-state index contributed by atoms with van der Waals surface area (Å²) in [7, 11) is 2.14. The van der Waals surface area contributed by atoms with Gasteiger partial charge in [-0.05, 0) is 34.8 Å². The smallest absolute Gasteiger partial charge is 0.0666 e. The number of para-hydroxylation sites is 2. The number of aliphatic imine (C=N–C) groups is 1. The predicted octanol–water partition coefficient (Wildman–Crippen LogP) is 6.00. The topological polar surface area (TPSA) is 15.6 Å². The van der Waals surface area contributed by atoms with Crippen LogP contribution in [-0.4, -0.2) is 13.3 Å². The molecule has 0 spiro atoms. The van der Waals surface area contributed by atoms with Gasteiger partial charge < -0.3 is 4.90 Å². The minimum absolute atomic E-state index is 0.0130. The van der Waals surface area contributed by atoms with E-state index in [9.17, 15) is 0 Å². The first-order valence-electron chi connectivity index (χ1n) is 8.90. The van der Waals surface area contributed by atoms with Gasteiger partial charge in [0.1, 0.15) is 0 Å². The van der Waals surface area contributed by atoms with Gasteiger partial charge in [-0.1, -0.05) is 71.0 Å². The predicted molar refractivity (Wildman–Crippen MR) is 109 cm³/mol. The number of benzene rings is 2. The highest BCUT2D eigenvalue weighted by Crippen LogP contribution is 2.46. The fourth-order valence-electron chi connectivity index (χ4n) is 3.71. The quantitative estimate of drug-likeness (QED) is 0.616. The molecule has 1 aliphatic rings. The van der Waals surface area contributed by atoms with Gasteiger partial charge in [0.25, 0.3) is 0 Å². The maximum atomic E-state index is 4.77. The number of allylic oxidation sites excluding steroid dienone is 2. The van der Waals surface area contributed by atoms with Crippen LogP contribution in [0.1, 0.15) is 45.7 Å². The zero-order valence-electron chi connectivity index (χ0n) is 16.2. The summed E-state index contributed by atoms with van der Waals surface area (Å²) >= 11 is 0. The standard InChI is InChI=1S/C23H28N2/c1-22(2,3)17-11-7-9-13-19(17)24-16-15-21-23(4,5)18-12-8-10-14-20(18)25(21)6/h7-16H,1-6H3/b21-15-,24-16?. The molecule has 130 valence electrons. The zero-order valence-corrected chi connectivity index (χ0v) is 16.2. The van der Waals surface area contributed by atoms with Gasteiger partial charge in [-0.25, -0.2) is 0 Å². The van der Waals surface area contributed by atoms with Gasteiger partial charge in [0.2, 0.25) is 0 Å². The molecule has 2 nitrogen and oxygen atoms in total. The summed E-state index contributed by atoms with van der Waals surface area (Å²) in [5.74, 6) is 0. The zero-order chi connectivity index (χ0) is 18.2. The molecule has 0 atom stereocenters. The van der Waals surface area contributed by atoms with E-state index in [2.05, 4.69) is 101 Å². The first kappa shape index (κ1) is 17.5. The van der Waals surface area contributed by atoms with E-state index in [0.29, 0.717) is 0 Å². The number of rotatable bonds is 2. The third-order valence-electron chi connectivity index (χ3n) is 5.10. The summed E-state index contributed by atoms with van der Waals surface area (Å²) in [6, 6.07) is 17.0. The molecule has 2 aromatic carbocycles. The lowest BCUT2D eigenvalue weighted by Crippen LogP contribution is -2.23. The maximum Gasteiger partial charge on any atom is 0.0666 e. The Morgan fingerprint density at radius 2 is 1.60 bits per heavy atom. The Morgan fingerprint density at radius 1 is 0.960 bits per heavy atom. The van der Waals surface area contributed by atoms with Crippen LogP contribution in [0.5, 0.6) is 0 Å². The largest absolute Gasteiger partial charge is 0.347 e. The molecule has 0 saturated heterocycles. The van der Waals surface area contributed by atoms with Crippen LogP contribution in [0.25, 0.3) is 0 Å². The van der Waals surface area contributed by atoms with Crippen molar-refractivity contribution in [2.45, 2.75) is 45.4 Å². The third-order valence-corrected chi connectivity index (χ3v) is 5.10. The molecule has 2 aromatic rings. The van der Waals surface area contributed by atoms with E-state index in [-0.39, 0.29) is 10.8 Å². The van der Waals surface area contributed by atoms with Crippen molar-refractivity contribution >= 4 is 17.6 Å². The average molecular weight is 332 g/mol. The molecule has 1 heterocycles. The Balaban J connectivity index is 1.95. The van der Waals surface area contributed by atoms with Crippen LogP contribution in [0.15, 0.2) is 65.3 Å². The van der Waals surface area contributed by atoms with Crippen molar-refractivity contribution in [3.05, 3.63) is 71.4 Å². The van der Waals surface area contributed by atoms with E-state index in [1.165, 1.54) is 22.5 Å². The van der Waals surface area contributed by atoms with Crippen molar-refractivity contribution in [3.8, 4) is 0 Å². The highest BCUT2D eigenvalue weighted by atomic mass is 15.2. The SMILES string of the molecule is CN1/C(=C\C=Nc2ccccc2C(C)(C)C)C(C)(C)c2ccccc21.